The Labute approximate surface area is 70.3 Å². The van der Waals surface area contributed by atoms with E-state index < -0.39 is 0 Å². The Bertz CT molecular complexity index is 131. The van der Waals surface area contributed by atoms with Crippen molar-refractivity contribution in [3.63, 3.8) is 0 Å². The molecule has 0 spiro atoms. The zero-order valence-electron chi connectivity index (χ0n) is 7.42. The van der Waals surface area contributed by atoms with Crippen molar-refractivity contribution in [3.8, 4) is 0 Å². The SMILES string of the molecule is C=CCCC=CC(C)CC=C. The van der Waals surface area contributed by atoms with Gasteiger partial charge in [-0.3, -0.25) is 0 Å². The van der Waals surface area contributed by atoms with Crippen molar-refractivity contribution in [2.45, 2.75) is 26.2 Å². The molecule has 0 aromatic rings. The van der Waals surface area contributed by atoms with Gasteiger partial charge in [0.1, 0.15) is 0 Å². The number of hydrogen-bond acceptors (Lipinski definition) is 0. The monoisotopic (exact) mass is 150 g/mol. The van der Waals surface area contributed by atoms with E-state index in [4.69, 9.17) is 0 Å². The zero-order valence-corrected chi connectivity index (χ0v) is 7.42. The topological polar surface area (TPSA) is 0 Å². The third-order valence-electron chi connectivity index (χ3n) is 1.54. The van der Waals surface area contributed by atoms with Crippen molar-refractivity contribution in [2.75, 3.05) is 0 Å². The van der Waals surface area contributed by atoms with Gasteiger partial charge in [0, 0.05) is 0 Å². The second kappa shape index (κ2) is 7.33. The molecule has 0 aliphatic rings. The molecule has 0 aromatic heterocycles. The minimum Gasteiger partial charge on any atom is -0.103 e. The zero-order chi connectivity index (χ0) is 8.53. The molecule has 0 fully saturated rings. The van der Waals surface area contributed by atoms with Crippen molar-refractivity contribution >= 4 is 0 Å². The first-order valence-corrected chi connectivity index (χ1v) is 4.19. The lowest BCUT2D eigenvalue weighted by molar-refractivity contribution is 0.741. The van der Waals surface area contributed by atoms with Crippen molar-refractivity contribution < 1.29 is 0 Å². The van der Waals surface area contributed by atoms with E-state index in [0.29, 0.717) is 5.92 Å². The van der Waals surface area contributed by atoms with Gasteiger partial charge in [0.05, 0.1) is 0 Å². The molecule has 0 rings (SSSR count). The molecule has 1 atom stereocenters. The molecule has 0 aromatic carbocycles. The fourth-order valence-corrected chi connectivity index (χ4v) is 0.884. The average molecular weight is 150 g/mol. The molecule has 0 amide bonds. The maximum Gasteiger partial charge on any atom is -0.0227 e. The van der Waals surface area contributed by atoms with Crippen LogP contribution in [0.3, 0.4) is 0 Å². The van der Waals surface area contributed by atoms with Crippen molar-refractivity contribution in [1.82, 2.24) is 0 Å². The van der Waals surface area contributed by atoms with Crippen LogP contribution in [0.1, 0.15) is 26.2 Å². The summed E-state index contributed by atoms with van der Waals surface area (Å²) < 4.78 is 0. The quantitative estimate of drug-likeness (QED) is 0.400. The molecule has 0 radical (unpaired) electrons. The van der Waals surface area contributed by atoms with E-state index in [2.05, 4.69) is 32.2 Å². The second-order valence-corrected chi connectivity index (χ2v) is 2.80. The molecule has 11 heavy (non-hydrogen) atoms. The van der Waals surface area contributed by atoms with Crippen LogP contribution in [0.4, 0.5) is 0 Å². The molecule has 0 N–H and O–H groups in total. The molecule has 0 nitrogen and oxygen atoms in total. The first-order valence-electron chi connectivity index (χ1n) is 4.19. The number of hydrogen-bond donors (Lipinski definition) is 0. The molecule has 1 unspecified atom stereocenters. The average Bonchev–Trinajstić information content (AvgIpc) is 1.99. The molecule has 0 saturated carbocycles. The summed E-state index contributed by atoms with van der Waals surface area (Å²) in [6, 6.07) is 0. The molecule has 0 heterocycles. The summed E-state index contributed by atoms with van der Waals surface area (Å²) in [4.78, 5) is 0. The van der Waals surface area contributed by atoms with Crippen LogP contribution in [0.15, 0.2) is 37.5 Å². The van der Waals surface area contributed by atoms with Crippen LogP contribution in [0, 0.1) is 5.92 Å². The predicted octanol–water partition coefficient (Wildman–Crippen LogP) is 3.72. The van der Waals surface area contributed by atoms with E-state index in [-0.39, 0.29) is 0 Å². The fourth-order valence-electron chi connectivity index (χ4n) is 0.884. The van der Waals surface area contributed by atoms with Gasteiger partial charge in [0.15, 0.2) is 0 Å². The molecule has 0 heteroatoms. The molecule has 62 valence electrons. The number of allylic oxidation sites excluding steroid dienone is 4. The van der Waals surface area contributed by atoms with E-state index in [0.717, 1.165) is 19.3 Å². The van der Waals surface area contributed by atoms with Crippen LogP contribution in [0.25, 0.3) is 0 Å². The van der Waals surface area contributed by atoms with E-state index >= 15 is 0 Å². The normalized spacial score (nSPS) is 13.2. The highest BCUT2D eigenvalue weighted by atomic mass is 14.0. The smallest absolute Gasteiger partial charge is 0.0227 e. The molecule has 0 bridgehead atoms. The summed E-state index contributed by atoms with van der Waals surface area (Å²) in [5, 5.41) is 0. The predicted molar refractivity (Wildman–Crippen MR) is 52.5 cm³/mol. The van der Waals surface area contributed by atoms with Crippen LogP contribution in [0.2, 0.25) is 0 Å². The molecule has 0 aliphatic heterocycles. The first kappa shape index (κ1) is 10.2. The number of unbranched alkanes of at least 4 members (excludes halogenated alkanes) is 1. The van der Waals surface area contributed by atoms with E-state index in [1.807, 2.05) is 12.2 Å². The highest BCUT2D eigenvalue weighted by molar-refractivity contribution is 4.90. The standard InChI is InChI=1S/C11H18/c1-4-6-7-8-10-11(3)9-5-2/h4-5,8,10-11H,1-2,6-7,9H2,3H3. The summed E-state index contributed by atoms with van der Waals surface area (Å²) in [6.07, 6.45) is 11.6. The lowest BCUT2D eigenvalue weighted by Crippen LogP contribution is -1.84. The van der Waals surface area contributed by atoms with Crippen LogP contribution in [-0.2, 0) is 0 Å². The maximum atomic E-state index is 3.70. The Balaban J connectivity index is 3.38. The summed E-state index contributed by atoms with van der Waals surface area (Å²) in [7, 11) is 0. The van der Waals surface area contributed by atoms with Gasteiger partial charge in [0.2, 0.25) is 0 Å². The van der Waals surface area contributed by atoms with Crippen molar-refractivity contribution in [2.24, 2.45) is 5.92 Å². The second-order valence-electron chi connectivity index (χ2n) is 2.80. The fraction of sp³-hybridized carbons (Fsp3) is 0.455. The Morgan fingerprint density at radius 3 is 2.45 bits per heavy atom. The van der Waals surface area contributed by atoms with Gasteiger partial charge in [-0.05, 0) is 25.2 Å². The minimum atomic E-state index is 0.636. The van der Waals surface area contributed by atoms with Crippen LogP contribution >= 0.6 is 0 Å². The molecular weight excluding hydrogens is 132 g/mol. The van der Waals surface area contributed by atoms with Gasteiger partial charge in [-0.1, -0.05) is 31.2 Å². The van der Waals surface area contributed by atoms with Crippen LogP contribution in [-0.4, -0.2) is 0 Å². The van der Waals surface area contributed by atoms with Crippen LogP contribution < -0.4 is 0 Å². The lowest BCUT2D eigenvalue weighted by atomic mass is 10.1. The maximum absolute atomic E-state index is 3.70. The van der Waals surface area contributed by atoms with Gasteiger partial charge in [-0.25, -0.2) is 0 Å². The number of rotatable bonds is 6. The third kappa shape index (κ3) is 7.11. The van der Waals surface area contributed by atoms with Crippen molar-refractivity contribution in [1.29, 1.82) is 0 Å². The van der Waals surface area contributed by atoms with E-state index in [9.17, 15) is 0 Å². The molecule has 0 saturated heterocycles. The summed E-state index contributed by atoms with van der Waals surface area (Å²) >= 11 is 0. The Hall–Kier alpha value is -0.780. The van der Waals surface area contributed by atoms with Gasteiger partial charge in [0.25, 0.3) is 0 Å². The highest BCUT2D eigenvalue weighted by Gasteiger charge is 1.89. The Morgan fingerprint density at radius 1 is 1.18 bits per heavy atom. The third-order valence-corrected chi connectivity index (χ3v) is 1.54. The van der Waals surface area contributed by atoms with Crippen LogP contribution in [0.5, 0.6) is 0 Å². The minimum absolute atomic E-state index is 0.636. The van der Waals surface area contributed by atoms with Gasteiger partial charge < -0.3 is 0 Å². The summed E-state index contributed by atoms with van der Waals surface area (Å²) in [6.45, 7) is 9.56. The summed E-state index contributed by atoms with van der Waals surface area (Å²) in [5.74, 6) is 0.636. The van der Waals surface area contributed by atoms with E-state index in [1.165, 1.54) is 0 Å². The summed E-state index contributed by atoms with van der Waals surface area (Å²) in [5.41, 5.74) is 0. The molecule has 0 aliphatic carbocycles. The Kier molecular flexibility index (Phi) is 6.81. The van der Waals surface area contributed by atoms with Gasteiger partial charge in [-0.15, -0.1) is 13.2 Å². The highest BCUT2D eigenvalue weighted by Crippen LogP contribution is 2.04. The van der Waals surface area contributed by atoms with E-state index in [1.54, 1.807) is 0 Å². The van der Waals surface area contributed by atoms with Gasteiger partial charge >= 0.3 is 0 Å². The largest absolute Gasteiger partial charge is 0.103 e. The first-order chi connectivity index (χ1) is 5.31. The van der Waals surface area contributed by atoms with Crippen molar-refractivity contribution in [3.05, 3.63) is 37.5 Å². The Morgan fingerprint density at radius 2 is 1.91 bits per heavy atom. The molecular formula is C11H18. The van der Waals surface area contributed by atoms with Gasteiger partial charge in [-0.2, -0.15) is 0 Å². The lowest BCUT2D eigenvalue weighted by Gasteiger charge is -1.98.